The van der Waals surface area contributed by atoms with Crippen LogP contribution in [0.1, 0.15) is 49.4 Å². The summed E-state index contributed by atoms with van der Waals surface area (Å²) in [7, 11) is 0. The van der Waals surface area contributed by atoms with Gasteiger partial charge >= 0.3 is 0 Å². The summed E-state index contributed by atoms with van der Waals surface area (Å²) >= 11 is 0. The number of rotatable bonds is 9. The molecule has 0 heterocycles. The SMILES string of the molecule is CCCNC(=O)c1ccccc1NC(=O)CCCCCN. The van der Waals surface area contributed by atoms with Crippen LogP contribution in [0.3, 0.4) is 0 Å². The van der Waals surface area contributed by atoms with Crippen LogP contribution in [0.4, 0.5) is 5.69 Å². The summed E-state index contributed by atoms with van der Waals surface area (Å²) in [5.74, 6) is -0.223. The smallest absolute Gasteiger partial charge is 0.253 e. The molecule has 0 aliphatic carbocycles. The first kappa shape index (κ1) is 17.2. The minimum atomic E-state index is -0.157. The van der Waals surface area contributed by atoms with Gasteiger partial charge in [0.2, 0.25) is 5.91 Å². The van der Waals surface area contributed by atoms with Crippen LogP contribution >= 0.6 is 0 Å². The standard InChI is InChI=1S/C16H25N3O2/c1-2-12-18-16(21)13-8-5-6-9-14(13)19-15(20)10-4-3-7-11-17/h5-6,8-9H,2-4,7,10-12,17H2,1H3,(H,18,21)(H,19,20). The van der Waals surface area contributed by atoms with Crippen molar-refractivity contribution < 1.29 is 9.59 Å². The first-order valence-corrected chi connectivity index (χ1v) is 7.56. The molecule has 116 valence electrons. The number of anilines is 1. The van der Waals surface area contributed by atoms with E-state index in [9.17, 15) is 9.59 Å². The van der Waals surface area contributed by atoms with E-state index in [1.54, 1.807) is 24.3 Å². The number of unbranched alkanes of at least 4 members (excludes halogenated alkanes) is 2. The lowest BCUT2D eigenvalue weighted by Crippen LogP contribution is -2.25. The third kappa shape index (κ3) is 6.40. The second kappa shape index (κ2) is 9.94. The normalized spacial score (nSPS) is 10.2. The van der Waals surface area contributed by atoms with E-state index in [2.05, 4.69) is 10.6 Å². The number of amides is 2. The second-order valence-electron chi connectivity index (χ2n) is 4.95. The molecule has 0 atom stereocenters. The van der Waals surface area contributed by atoms with E-state index in [0.717, 1.165) is 25.7 Å². The molecule has 0 saturated heterocycles. The third-order valence-corrected chi connectivity index (χ3v) is 3.09. The Morgan fingerprint density at radius 2 is 1.90 bits per heavy atom. The number of hydrogen-bond donors (Lipinski definition) is 3. The van der Waals surface area contributed by atoms with E-state index in [4.69, 9.17) is 5.73 Å². The molecule has 0 bridgehead atoms. The van der Waals surface area contributed by atoms with Crippen LogP contribution in [-0.4, -0.2) is 24.9 Å². The molecule has 0 aromatic heterocycles. The highest BCUT2D eigenvalue weighted by Crippen LogP contribution is 2.15. The van der Waals surface area contributed by atoms with Gasteiger partial charge in [-0.1, -0.05) is 25.5 Å². The molecule has 0 saturated carbocycles. The predicted molar refractivity (Wildman–Crippen MR) is 85.2 cm³/mol. The molecule has 0 unspecified atom stereocenters. The van der Waals surface area contributed by atoms with Crippen LogP contribution in [-0.2, 0) is 4.79 Å². The van der Waals surface area contributed by atoms with Crippen molar-refractivity contribution >= 4 is 17.5 Å². The van der Waals surface area contributed by atoms with Gasteiger partial charge in [-0.2, -0.15) is 0 Å². The summed E-state index contributed by atoms with van der Waals surface area (Å²) < 4.78 is 0. The number of para-hydroxylation sites is 1. The molecule has 4 N–H and O–H groups in total. The average Bonchev–Trinajstić information content (AvgIpc) is 2.50. The molecule has 0 aliphatic rings. The lowest BCUT2D eigenvalue weighted by atomic mass is 10.1. The number of hydrogen-bond acceptors (Lipinski definition) is 3. The number of benzene rings is 1. The van der Waals surface area contributed by atoms with Gasteiger partial charge in [-0.05, 0) is 37.9 Å². The van der Waals surface area contributed by atoms with Gasteiger partial charge in [0, 0.05) is 13.0 Å². The van der Waals surface area contributed by atoms with Gasteiger partial charge in [0.05, 0.1) is 11.3 Å². The van der Waals surface area contributed by atoms with Crippen LogP contribution < -0.4 is 16.4 Å². The molecule has 0 spiro atoms. The van der Waals surface area contributed by atoms with Crippen LogP contribution in [0.5, 0.6) is 0 Å². The van der Waals surface area contributed by atoms with Crippen LogP contribution in [0, 0.1) is 0 Å². The van der Waals surface area contributed by atoms with E-state index in [0.29, 0.717) is 30.8 Å². The topological polar surface area (TPSA) is 84.2 Å². The van der Waals surface area contributed by atoms with Gasteiger partial charge in [-0.15, -0.1) is 0 Å². The molecular formula is C16H25N3O2. The van der Waals surface area contributed by atoms with Crippen molar-refractivity contribution in [3.8, 4) is 0 Å². The molecule has 1 aromatic rings. The van der Waals surface area contributed by atoms with Crippen molar-refractivity contribution in [3.05, 3.63) is 29.8 Å². The van der Waals surface area contributed by atoms with E-state index in [1.165, 1.54) is 0 Å². The highest BCUT2D eigenvalue weighted by Gasteiger charge is 2.12. The maximum absolute atomic E-state index is 12.0. The Hall–Kier alpha value is -1.88. The minimum Gasteiger partial charge on any atom is -0.352 e. The van der Waals surface area contributed by atoms with Gasteiger partial charge in [0.25, 0.3) is 5.91 Å². The predicted octanol–water partition coefficient (Wildman–Crippen LogP) is 2.28. The van der Waals surface area contributed by atoms with E-state index >= 15 is 0 Å². The van der Waals surface area contributed by atoms with Crippen molar-refractivity contribution in [2.24, 2.45) is 5.73 Å². The van der Waals surface area contributed by atoms with Gasteiger partial charge in [0.1, 0.15) is 0 Å². The quantitative estimate of drug-likeness (QED) is 0.610. The van der Waals surface area contributed by atoms with Crippen LogP contribution in [0.2, 0.25) is 0 Å². The molecule has 21 heavy (non-hydrogen) atoms. The highest BCUT2D eigenvalue weighted by molar-refractivity contribution is 6.03. The Morgan fingerprint density at radius 3 is 2.62 bits per heavy atom. The Morgan fingerprint density at radius 1 is 1.14 bits per heavy atom. The first-order chi connectivity index (χ1) is 10.2. The van der Waals surface area contributed by atoms with Crippen molar-refractivity contribution in [1.82, 2.24) is 5.32 Å². The summed E-state index contributed by atoms with van der Waals surface area (Å²) in [6.07, 6.45) is 4.02. The Balaban J connectivity index is 2.58. The monoisotopic (exact) mass is 291 g/mol. The van der Waals surface area contributed by atoms with Crippen molar-refractivity contribution in [2.45, 2.75) is 39.0 Å². The third-order valence-electron chi connectivity index (χ3n) is 3.09. The summed E-state index contributed by atoms with van der Waals surface area (Å²) in [6, 6.07) is 7.06. The molecule has 1 aromatic carbocycles. The van der Waals surface area contributed by atoms with Crippen molar-refractivity contribution in [2.75, 3.05) is 18.4 Å². The summed E-state index contributed by atoms with van der Waals surface area (Å²) in [5.41, 5.74) is 6.48. The Labute approximate surface area is 126 Å². The lowest BCUT2D eigenvalue weighted by molar-refractivity contribution is -0.116. The molecular weight excluding hydrogens is 266 g/mol. The largest absolute Gasteiger partial charge is 0.352 e. The highest BCUT2D eigenvalue weighted by atomic mass is 16.2. The summed E-state index contributed by atoms with van der Waals surface area (Å²) in [4.78, 5) is 23.9. The van der Waals surface area contributed by atoms with Crippen LogP contribution in [0.25, 0.3) is 0 Å². The van der Waals surface area contributed by atoms with Crippen molar-refractivity contribution in [3.63, 3.8) is 0 Å². The van der Waals surface area contributed by atoms with E-state index in [1.807, 2.05) is 6.92 Å². The second-order valence-corrected chi connectivity index (χ2v) is 4.95. The number of carbonyl (C=O) groups excluding carboxylic acids is 2. The maximum Gasteiger partial charge on any atom is 0.253 e. The molecule has 0 fully saturated rings. The fourth-order valence-electron chi connectivity index (χ4n) is 1.94. The molecule has 2 amide bonds. The van der Waals surface area contributed by atoms with Gasteiger partial charge < -0.3 is 16.4 Å². The average molecular weight is 291 g/mol. The summed E-state index contributed by atoms with van der Waals surface area (Å²) in [5, 5.41) is 5.63. The molecule has 0 radical (unpaired) electrons. The maximum atomic E-state index is 12.0. The zero-order valence-electron chi connectivity index (χ0n) is 12.7. The van der Waals surface area contributed by atoms with Gasteiger partial charge in [-0.3, -0.25) is 9.59 Å². The molecule has 5 heteroatoms. The Kier molecular flexibility index (Phi) is 8.12. The number of carbonyl (C=O) groups is 2. The summed E-state index contributed by atoms with van der Waals surface area (Å²) in [6.45, 7) is 3.28. The molecule has 1 rings (SSSR count). The van der Waals surface area contributed by atoms with Gasteiger partial charge in [0.15, 0.2) is 0 Å². The molecule has 5 nitrogen and oxygen atoms in total. The van der Waals surface area contributed by atoms with Crippen molar-refractivity contribution in [1.29, 1.82) is 0 Å². The van der Waals surface area contributed by atoms with Gasteiger partial charge in [-0.25, -0.2) is 0 Å². The van der Waals surface area contributed by atoms with E-state index < -0.39 is 0 Å². The number of nitrogens with one attached hydrogen (secondary N) is 2. The minimum absolute atomic E-state index is 0.0669. The van der Waals surface area contributed by atoms with Crippen LogP contribution in [0.15, 0.2) is 24.3 Å². The zero-order chi connectivity index (χ0) is 15.5. The fourth-order valence-corrected chi connectivity index (χ4v) is 1.94. The van der Waals surface area contributed by atoms with E-state index in [-0.39, 0.29) is 11.8 Å². The fraction of sp³-hybridized carbons (Fsp3) is 0.500. The molecule has 0 aliphatic heterocycles. The first-order valence-electron chi connectivity index (χ1n) is 7.56. The zero-order valence-corrected chi connectivity index (χ0v) is 12.7. The Bertz CT molecular complexity index is 461. The lowest BCUT2D eigenvalue weighted by Gasteiger charge is -2.11. The number of nitrogens with two attached hydrogens (primary N) is 1.